The molecule has 184 valence electrons. The number of aromatic nitrogens is 4. The van der Waals surface area contributed by atoms with Gasteiger partial charge in [-0.3, -0.25) is 4.90 Å². The minimum Gasteiger partial charge on any atom is -0.454 e. The second-order valence-corrected chi connectivity index (χ2v) is 10.7. The maximum atomic E-state index is 6.15. The van der Waals surface area contributed by atoms with E-state index >= 15 is 0 Å². The van der Waals surface area contributed by atoms with Gasteiger partial charge in [0.1, 0.15) is 6.33 Å². The smallest absolute Gasteiger partial charge is 0.231 e. The van der Waals surface area contributed by atoms with Crippen LogP contribution in [0.4, 0.5) is 5.82 Å². The Hall–Kier alpha value is -3.08. The fraction of sp³-hybridized carbons (Fsp3) is 0.269. The lowest BCUT2D eigenvalue weighted by molar-refractivity contribution is 0.174. The molecule has 4 heterocycles. The summed E-state index contributed by atoms with van der Waals surface area (Å²) < 4.78 is 14.1. The molecule has 0 fully saturated rings. The lowest BCUT2D eigenvalue weighted by Crippen LogP contribution is -2.28. The van der Waals surface area contributed by atoms with Crippen molar-refractivity contribution in [3.05, 3.63) is 70.5 Å². The van der Waals surface area contributed by atoms with Gasteiger partial charge in [0, 0.05) is 35.5 Å². The topological polar surface area (TPSA) is 91.3 Å². The van der Waals surface area contributed by atoms with Crippen LogP contribution in [0.3, 0.4) is 0 Å². The van der Waals surface area contributed by atoms with E-state index in [1.165, 1.54) is 17.5 Å². The first-order chi connectivity index (χ1) is 17.6. The number of nitrogens with two attached hydrogens (primary N) is 1. The number of nitrogens with zero attached hydrogens (tertiary/aromatic N) is 5. The molecule has 0 bridgehead atoms. The van der Waals surface area contributed by atoms with Crippen LogP contribution in [0.25, 0.3) is 11.2 Å². The lowest BCUT2D eigenvalue weighted by Gasteiger charge is -2.26. The van der Waals surface area contributed by atoms with Gasteiger partial charge in [-0.2, -0.15) is 0 Å². The number of halogens is 1. The van der Waals surface area contributed by atoms with Gasteiger partial charge in [-0.15, -0.1) is 0 Å². The summed E-state index contributed by atoms with van der Waals surface area (Å²) in [5.74, 6) is 1.86. The van der Waals surface area contributed by atoms with Crippen LogP contribution in [-0.2, 0) is 13.1 Å². The summed E-state index contributed by atoms with van der Waals surface area (Å²) in [6, 6.07) is 14.5. The Bertz CT molecular complexity index is 1440. The third kappa shape index (κ3) is 4.80. The largest absolute Gasteiger partial charge is 0.454 e. The number of fused-ring (bicyclic) bond motifs is 2. The number of hydrogen-bond acceptors (Lipinski definition) is 8. The van der Waals surface area contributed by atoms with Gasteiger partial charge in [0.25, 0.3) is 0 Å². The van der Waals surface area contributed by atoms with E-state index in [0.717, 1.165) is 70.7 Å². The number of rotatable bonds is 7. The van der Waals surface area contributed by atoms with Crippen molar-refractivity contribution < 1.29 is 9.47 Å². The standard InChI is InChI=1S/C26H25BrN6O2S/c27-19-12-20-21(35-16-34-20)13-22(19)36-26-31-23-24(28)29-15-30-25(23)33(26)11-8-17-6-9-32(10-7-17)14-18-4-2-1-3-5-18/h1-6,12-13,15H,7-11,14,16H2,(H2,28,29,30). The van der Waals surface area contributed by atoms with Crippen LogP contribution in [0.1, 0.15) is 18.4 Å². The van der Waals surface area contributed by atoms with Crippen LogP contribution >= 0.6 is 27.7 Å². The summed E-state index contributed by atoms with van der Waals surface area (Å²) in [6.07, 6.45) is 5.87. The molecular weight excluding hydrogens is 540 g/mol. The molecule has 0 saturated heterocycles. The normalized spacial score (nSPS) is 15.4. The zero-order valence-electron chi connectivity index (χ0n) is 19.6. The molecule has 36 heavy (non-hydrogen) atoms. The van der Waals surface area contributed by atoms with Crippen LogP contribution in [0, 0.1) is 0 Å². The second-order valence-electron chi connectivity index (χ2n) is 8.80. The first kappa shape index (κ1) is 23.3. The maximum absolute atomic E-state index is 6.15. The van der Waals surface area contributed by atoms with Gasteiger partial charge in [0.05, 0.1) is 0 Å². The highest BCUT2D eigenvalue weighted by Gasteiger charge is 2.21. The molecule has 6 rings (SSSR count). The van der Waals surface area contributed by atoms with E-state index in [9.17, 15) is 0 Å². The molecule has 0 amide bonds. The number of imidazole rings is 1. The van der Waals surface area contributed by atoms with Crippen LogP contribution in [0.2, 0.25) is 0 Å². The van der Waals surface area contributed by atoms with E-state index in [0.29, 0.717) is 11.3 Å². The van der Waals surface area contributed by atoms with E-state index in [-0.39, 0.29) is 6.79 Å². The Morgan fingerprint density at radius 3 is 2.72 bits per heavy atom. The molecule has 0 atom stereocenters. The first-order valence-electron chi connectivity index (χ1n) is 11.8. The summed E-state index contributed by atoms with van der Waals surface area (Å²) in [7, 11) is 0. The Balaban J connectivity index is 1.21. The monoisotopic (exact) mass is 564 g/mol. The number of hydrogen-bond donors (Lipinski definition) is 1. The van der Waals surface area contributed by atoms with Gasteiger partial charge in [-0.05, 0) is 46.5 Å². The molecule has 0 unspecified atom stereocenters. The molecule has 4 aromatic rings. The molecule has 0 saturated carbocycles. The van der Waals surface area contributed by atoms with Gasteiger partial charge in [-0.25, -0.2) is 15.0 Å². The maximum Gasteiger partial charge on any atom is 0.231 e. The number of benzene rings is 2. The van der Waals surface area contributed by atoms with Crippen molar-refractivity contribution in [3.63, 3.8) is 0 Å². The molecule has 8 nitrogen and oxygen atoms in total. The van der Waals surface area contributed by atoms with Crippen molar-refractivity contribution in [2.75, 3.05) is 25.6 Å². The van der Waals surface area contributed by atoms with Crippen LogP contribution in [0.15, 0.2) is 75.0 Å². The minimum atomic E-state index is 0.235. The predicted octanol–water partition coefficient (Wildman–Crippen LogP) is 5.27. The highest BCUT2D eigenvalue weighted by Crippen LogP contribution is 2.43. The van der Waals surface area contributed by atoms with Crippen LogP contribution < -0.4 is 15.2 Å². The molecule has 2 aromatic heterocycles. The molecule has 10 heteroatoms. The van der Waals surface area contributed by atoms with Crippen molar-refractivity contribution >= 4 is 44.7 Å². The highest BCUT2D eigenvalue weighted by molar-refractivity contribution is 9.10. The predicted molar refractivity (Wildman–Crippen MR) is 143 cm³/mol. The van der Waals surface area contributed by atoms with Crippen molar-refractivity contribution in [2.45, 2.75) is 36.0 Å². The Labute approximate surface area is 221 Å². The molecule has 0 radical (unpaired) electrons. The Morgan fingerprint density at radius 1 is 1.08 bits per heavy atom. The summed E-state index contributed by atoms with van der Waals surface area (Å²) in [5, 5.41) is 0.818. The fourth-order valence-corrected chi connectivity index (χ4v) is 6.02. The molecule has 2 aliphatic rings. The van der Waals surface area contributed by atoms with E-state index in [1.807, 2.05) is 12.1 Å². The van der Waals surface area contributed by atoms with E-state index in [2.05, 4.69) is 71.8 Å². The minimum absolute atomic E-state index is 0.235. The van der Waals surface area contributed by atoms with Crippen LogP contribution in [0.5, 0.6) is 11.5 Å². The summed E-state index contributed by atoms with van der Waals surface area (Å²) in [6.45, 7) is 4.01. The third-order valence-electron chi connectivity index (χ3n) is 6.45. The second kappa shape index (κ2) is 10.1. The van der Waals surface area contributed by atoms with Gasteiger partial charge < -0.3 is 19.8 Å². The quantitative estimate of drug-likeness (QED) is 0.303. The van der Waals surface area contributed by atoms with Crippen molar-refractivity contribution in [2.24, 2.45) is 0 Å². The average molecular weight is 565 g/mol. The Morgan fingerprint density at radius 2 is 1.92 bits per heavy atom. The summed E-state index contributed by atoms with van der Waals surface area (Å²) >= 11 is 5.21. The third-order valence-corrected chi connectivity index (χ3v) is 8.42. The van der Waals surface area contributed by atoms with E-state index in [1.54, 1.807) is 11.8 Å². The highest BCUT2D eigenvalue weighted by atomic mass is 79.9. The van der Waals surface area contributed by atoms with Crippen molar-refractivity contribution in [3.8, 4) is 11.5 Å². The van der Waals surface area contributed by atoms with E-state index < -0.39 is 0 Å². The first-order valence-corrected chi connectivity index (χ1v) is 13.4. The van der Waals surface area contributed by atoms with Crippen LogP contribution in [-0.4, -0.2) is 44.3 Å². The fourth-order valence-electron chi connectivity index (χ4n) is 4.51. The number of nitrogen functional groups attached to an aromatic ring is 1. The summed E-state index contributed by atoms with van der Waals surface area (Å²) in [5.41, 5.74) is 10.4. The number of anilines is 1. The van der Waals surface area contributed by atoms with E-state index in [4.69, 9.17) is 20.2 Å². The SMILES string of the molecule is Nc1ncnc2c1nc(Sc1cc3c(cc1Br)OCO3)n2CCC1=CCN(Cc2ccccc2)CC1. The molecule has 2 N–H and O–H groups in total. The zero-order valence-corrected chi connectivity index (χ0v) is 22.0. The zero-order chi connectivity index (χ0) is 24.5. The lowest BCUT2D eigenvalue weighted by atomic mass is 10.0. The van der Waals surface area contributed by atoms with Gasteiger partial charge >= 0.3 is 0 Å². The molecule has 2 aliphatic heterocycles. The average Bonchev–Trinajstić information content (AvgIpc) is 3.49. The van der Waals surface area contributed by atoms with Gasteiger partial charge in [-0.1, -0.05) is 53.7 Å². The molecule has 2 aromatic carbocycles. The molecular formula is C26H25BrN6O2S. The number of ether oxygens (including phenoxy) is 2. The summed E-state index contributed by atoms with van der Waals surface area (Å²) in [4.78, 5) is 17.0. The Kier molecular flexibility index (Phi) is 6.56. The molecule has 0 aliphatic carbocycles. The number of aryl methyl sites for hydroxylation is 1. The molecule has 0 spiro atoms. The van der Waals surface area contributed by atoms with Gasteiger partial charge in [0.2, 0.25) is 6.79 Å². The van der Waals surface area contributed by atoms with Crippen molar-refractivity contribution in [1.29, 1.82) is 0 Å². The van der Waals surface area contributed by atoms with Gasteiger partial charge in [0.15, 0.2) is 33.6 Å². The van der Waals surface area contributed by atoms with Crippen molar-refractivity contribution in [1.82, 2.24) is 24.4 Å².